The molecule has 0 saturated carbocycles. The number of carbonyl (C=O) groups is 4. The molecule has 0 spiro atoms. The van der Waals surface area contributed by atoms with Gasteiger partial charge in [-0.1, -0.05) is 6.92 Å². The van der Waals surface area contributed by atoms with E-state index in [9.17, 15) is 24.3 Å². The number of carboxylic acid groups (broad SMARTS) is 1. The maximum absolute atomic E-state index is 12.7. The lowest BCUT2D eigenvalue weighted by atomic mass is 10.0. The molecule has 10 nitrogen and oxygen atoms in total. The van der Waals surface area contributed by atoms with Gasteiger partial charge in [0.1, 0.15) is 18.0 Å². The van der Waals surface area contributed by atoms with Crippen LogP contribution in [-0.2, 0) is 30.5 Å². The Morgan fingerprint density at radius 3 is 2.61 bits per heavy atom. The number of aliphatic carboxylic acids is 1. The van der Waals surface area contributed by atoms with Gasteiger partial charge >= 0.3 is 5.97 Å². The molecule has 1 saturated heterocycles. The van der Waals surface area contributed by atoms with Crippen molar-refractivity contribution in [1.29, 1.82) is 0 Å². The van der Waals surface area contributed by atoms with Crippen molar-refractivity contribution < 1.29 is 29.0 Å². The first-order chi connectivity index (χ1) is 14.5. The maximum atomic E-state index is 12.7. The van der Waals surface area contributed by atoms with E-state index in [1.807, 2.05) is 13.8 Å². The van der Waals surface area contributed by atoms with Gasteiger partial charge < -0.3 is 20.0 Å². The number of fused-ring (bicyclic) bond motifs is 1. The van der Waals surface area contributed by atoms with Crippen molar-refractivity contribution in [3.8, 4) is 0 Å². The van der Waals surface area contributed by atoms with Gasteiger partial charge in [-0.05, 0) is 29.8 Å². The molecule has 3 unspecified atom stereocenters. The predicted molar refractivity (Wildman–Crippen MR) is 112 cm³/mol. The van der Waals surface area contributed by atoms with E-state index < -0.39 is 35.2 Å². The minimum atomic E-state index is -1.52. The average molecular weight is 514 g/mol. The summed E-state index contributed by atoms with van der Waals surface area (Å²) in [5.41, 5.74) is 1.72. The van der Waals surface area contributed by atoms with Crippen molar-refractivity contribution in [2.75, 3.05) is 12.4 Å². The number of hydrogen-bond acceptors (Lipinski definition) is 8. The summed E-state index contributed by atoms with van der Waals surface area (Å²) in [5, 5.41) is 18.2. The van der Waals surface area contributed by atoms with Gasteiger partial charge in [-0.2, -0.15) is 5.10 Å². The highest BCUT2D eigenvalue weighted by Crippen LogP contribution is 2.40. The summed E-state index contributed by atoms with van der Waals surface area (Å²) in [6.07, 6.45) is 0. The molecule has 0 aromatic carbocycles. The highest BCUT2D eigenvalue weighted by Gasteiger charge is 2.53. The molecular weight excluding hydrogens is 492 g/mol. The molecule has 168 valence electrons. The van der Waals surface area contributed by atoms with Crippen LogP contribution < -0.4 is 10.4 Å². The number of halogens is 1. The van der Waals surface area contributed by atoms with Gasteiger partial charge in [0.2, 0.25) is 5.91 Å². The summed E-state index contributed by atoms with van der Waals surface area (Å²) < 4.78 is 7.50. The van der Waals surface area contributed by atoms with Crippen molar-refractivity contribution in [1.82, 2.24) is 20.0 Å². The molecule has 1 fully saturated rings. The Morgan fingerprint density at radius 1 is 1.39 bits per heavy atom. The molecule has 0 radical (unpaired) electrons. The number of aryl methyl sites for hydroxylation is 1. The van der Waals surface area contributed by atoms with Gasteiger partial charge in [0.25, 0.3) is 5.91 Å². The molecule has 3 rings (SSSR count). The van der Waals surface area contributed by atoms with E-state index in [0.717, 1.165) is 20.8 Å². The van der Waals surface area contributed by atoms with E-state index in [-0.39, 0.29) is 29.5 Å². The molecule has 1 N–H and O–H groups in total. The molecule has 3 atom stereocenters. The van der Waals surface area contributed by atoms with Crippen LogP contribution in [0.1, 0.15) is 25.2 Å². The van der Waals surface area contributed by atoms with Gasteiger partial charge in [-0.25, -0.2) is 0 Å². The topological polar surface area (TPSA) is 134 Å². The van der Waals surface area contributed by atoms with Crippen LogP contribution in [-0.4, -0.2) is 62.2 Å². The molecule has 0 bridgehead atoms. The van der Waals surface area contributed by atoms with E-state index in [0.29, 0.717) is 6.54 Å². The molecular formula is C19H22BrN4O6S-. The number of carboxylic acids is 1. The van der Waals surface area contributed by atoms with Gasteiger partial charge in [0, 0.05) is 23.9 Å². The standard InChI is InChI=1S/C19H23BrN4O6S/c1-8(5-23-10(3)13(20)9(2)22-23)16(26)21-14-17(27)24-15(19(28)29)12(6-30-11(4)25)7-31-18(14)24/h8,14,18H,5-7H2,1-4H3,(H,21,26)(H,28,29)/p-1. The second-order valence-corrected chi connectivity index (χ2v) is 9.38. The summed E-state index contributed by atoms with van der Waals surface area (Å²) in [7, 11) is 0. The Bertz CT molecular complexity index is 990. The zero-order valence-electron chi connectivity index (χ0n) is 17.4. The van der Waals surface area contributed by atoms with Gasteiger partial charge in [0.15, 0.2) is 0 Å². The van der Waals surface area contributed by atoms with E-state index >= 15 is 0 Å². The van der Waals surface area contributed by atoms with Crippen LogP contribution in [0.5, 0.6) is 0 Å². The van der Waals surface area contributed by atoms with Crippen LogP contribution in [0.15, 0.2) is 15.7 Å². The van der Waals surface area contributed by atoms with Crippen LogP contribution in [0.25, 0.3) is 0 Å². The van der Waals surface area contributed by atoms with Gasteiger partial charge in [0.05, 0.1) is 34.3 Å². The number of hydrogen-bond donors (Lipinski definition) is 1. The van der Waals surface area contributed by atoms with Crippen molar-refractivity contribution in [2.24, 2.45) is 5.92 Å². The second kappa shape index (κ2) is 9.03. The maximum Gasteiger partial charge on any atom is 0.302 e. The molecule has 31 heavy (non-hydrogen) atoms. The Balaban J connectivity index is 1.67. The second-order valence-electron chi connectivity index (χ2n) is 7.48. The number of β-lactam (4-membered cyclic amide) rings is 1. The molecule has 1 aromatic rings. The first kappa shape index (κ1) is 23.3. The monoisotopic (exact) mass is 513 g/mol. The number of nitrogens with zero attached hydrogens (tertiary/aromatic N) is 3. The summed E-state index contributed by atoms with van der Waals surface area (Å²) in [4.78, 5) is 49.1. The Morgan fingerprint density at radius 2 is 2.06 bits per heavy atom. The van der Waals surface area contributed by atoms with Gasteiger partial charge in [-0.3, -0.25) is 24.0 Å². The largest absolute Gasteiger partial charge is 0.543 e. The highest BCUT2D eigenvalue weighted by atomic mass is 79.9. The number of rotatable bonds is 7. The summed E-state index contributed by atoms with van der Waals surface area (Å²) >= 11 is 4.75. The zero-order chi connectivity index (χ0) is 23.0. The lowest BCUT2D eigenvalue weighted by molar-refractivity contribution is -0.301. The van der Waals surface area contributed by atoms with Crippen molar-refractivity contribution in [2.45, 2.75) is 45.7 Å². The van der Waals surface area contributed by atoms with Crippen molar-refractivity contribution in [3.05, 3.63) is 27.1 Å². The molecule has 12 heteroatoms. The minimum absolute atomic E-state index is 0.228. The third-order valence-corrected chi connectivity index (χ3v) is 7.66. The van der Waals surface area contributed by atoms with Gasteiger partial charge in [-0.15, -0.1) is 11.8 Å². The first-order valence-corrected chi connectivity index (χ1v) is 11.4. The average Bonchev–Trinajstić information content (AvgIpc) is 2.95. The molecule has 0 aliphatic carbocycles. The molecule has 2 amide bonds. The fraction of sp³-hybridized carbons (Fsp3) is 0.526. The van der Waals surface area contributed by atoms with Crippen molar-refractivity contribution >= 4 is 51.4 Å². The lowest BCUT2D eigenvalue weighted by Gasteiger charge is -2.50. The summed E-state index contributed by atoms with van der Waals surface area (Å²) in [5.74, 6) is -3.16. The van der Waals surface area contributed by atoms with Crippen LogP contribution in [0, 0.1) is 19.8 Å². The Hall–Kier alpha value is -2.34. The van der Waals surface area contributed by atoms with Crippen LogP contribution in [0.3, 0.4) is 0 Å². The van der Waals surface area contributed by atoms with Crippen molar-refractivity contribution in [3.63, 3.8) is 0 Å². The van der Waals surface area contributed by atoms with Crippen LogP contribution in [0.2, 0.25) is 0 Å². The zero-order valence-corrected chi connectivity index (χ0v) is 19.8. The normalized spacial score (nSPS) is 21.3. The first-order valence-electron chi connectivity index (χ1n) is 9.54. The quantitative estimate of drug-likeness (QED) is 0.393. The minimum Gasteiger partial charge on any atom is -0.543 e. The number of ether oxygens (including phenoxy) is 1. The summed E-state index contributed by atoms with van der Waals surface area (Å²) in [6, 6.07) is -0.836. The number of esters is 1. The number of aromatic nitrogens is 2. The smallest absolute Gasteiger partial charge is 0.302 e. The summed E-state index contributed by atoms with van der Waals surface area (Å²) in [6.45, 7) is 6.81. The van der Waals surface area contributed by atoms with Crippen LogP contribution in [0.4, 0.5) is 0 Å². The fourth-order valence-corrected chi connectivity index (χ4v) is 5.07. The van der Waals surface area contributed by atoms with E-state index in [2.05, 4.69) is 26.3 Å². The molecule has 2 aliphatic rings. The third kappa shape index (κ3) is 4.49. The predicted octanol–water partition coefficient (Wildman–Crippen LogP) is -0.134. The number of carbonyl (C=O) groups excluding carboxylic acids is 4. The van der Waals surface area contributed by atoms with E-state index in [1.165, 1.54) is 18.7 Å². The Labute approximate surface area is 191 Å². The number of nitrogens with one attached hydrogen (secondary N) is 1. The molecule has 3 heterocycles. The van der Waals surface area contributed by atoms with E-state index in [4.69, 9.17) is 4.74 Å². The fourth-order valence-electron chi connectivity index (χ4n) is 3.46. The number of amides is 2. The lowest BCUT2D eigenvalue weighted by Crippen LogP contribution is -2.71. The number of thioether (sulfide) groups is 1. The van der Waals surface area contributed by atoms with Crippen LogP contribution >= 0.6 is 27.7 Å². The molecule has 2 aliphatic heterocycles. The highest BCUT2D eigenvalue weighted by molar-refractivity contribution is 9.10. The Kier molecular flexibility index (Phi) is 6.79. The van der Waals surface area contributed by atoms with E-state index in [1.54, 1.807) is 11.6 Å². The molecule has 1 aromatic heterocycles. The SMILES string of the molecule is CC(=O)OCC1=C(C(=O)[O-])N2C(=O)C(NC(=O)C(C)Cn3nc(C)c(Br)c3C)C2SC1. The third-order valence-electron chi connectivity index (χ3n) is 5.18.